The van der Waals surface area contributed by atoms with Crippen molar-refractivity contribution >= 4 is 21.6 Å². The Hall–Kier alpha value is -0.580. The van der Waals surface area contributed by atoms with E-state index in [1.165, 1.54) is 11.3 Å². The molecular weight excluding hydrogens is 304 g/mol. The Balaban J connectivity index is 2.07. The summed E-state index contributed by atoms with van der Waals surface area (Å²) in [4.78, 5) is 2.48. The molecule has 3 nitrogen and oxygen atoms in total. The van der Waals surface area contributed by atoms with Gasteiger partial charge in [0.25, 0.3) is 0 Å². The number of nitrogens with zero attached hydrogens (tertiary/aromatic N) is 1. The van der Waals surface area contributed by atoms with Gasteiger partial charge in [0.1, 0.15) is 0 Å². The maximum atomic E-state index is 5.72. The summed E-state index contributed by atoms with van der Waals surface area (Å²) in [5, 5.41) is 3.25. The van der Waals surface area contributed by atoms with Crippen LogP contribution in [0, 0.1) is 0 Å². The third-order valence-electron chi connectivity index (χ3n) is 3.60. The summed E-state index contributed by atoms with van der Waals surface area (Å²) in [6.45, 7) is 5.97. The first-order chi connectivity index (χ1) is 9.24. The van der Waals surface area contributed by atoms with E-state index in [9.17, 15) is 0 Å². The van der Waals surface area contributed by atoms with Crippen LogP contribution in [0.5, 0.6) is 0 Å². The molecule has 1 aliphatic rings. The fourth-order valence-corrected chi connectivity index (χ4v) is 3.02. The summed E-state index contributed by atoms with van der Waals surface area (Å²) in [6.07, 6.45) is 2.69. The topological polar surface area (TPSA) is 24.5 Å². The average Bonchev–Trinajstić information content (AvgIpc) is 2.42. The maximum absolute atomic E-state index is 5.72. The van der Waals surface area contributed by atoms with Crippen LogP contribution in [-0.4, -0.2) is 32.8 Å². The Bertz CT molecular complexity index is 403. The summed E-state index contributed by atoms with van der Waals surface area (Å²) in [5.74, 6) is 0. The van der Waals surface area contributed by atoms with Gasteiger partial charge in [0.15, 0.2) is 0 Å². The molecule has 1 aromatic carbocycles. The molecule has 0 unspecified atom stereocenters. The highest BCUT2D eigenvalue weighted by molar-refractivity contribution is 9.10. The van der Waals surface area contributed by atoms with E-state index in [2.05, 4.69) is 51.3 Å². The van der Waals surface area contributed by atoms with Gasteiger partial charge in [-0.25, -0.2) is 0 Å². The molecule has 1 saturated heterocycles. The molecule has 0 amide bonds. The summed E-state index contributed by atoms with van der Waals surface area (Å²) < 4.78 is 6.87. The molecule has 1 N–H and O–H groups in total. The van der Waals surface area contributed by atoms with Crippen molar-refractivity contribution in [2.24, 2.45) is 0 Å². The van der Waals surface area contributed by atoms with Crippen molar-refractivity contribution in [1.82, 2.24) is 5.32 Å². The molecule has 19 heavy (non-hydrogen) atoms. The molecular formula is C15H23BrN2O. The average molecular weight is 327 g/mol. The number of hydrogen-bond acceptors (Lipinski definition) is 3. The second-order valence-electron chi connectivity index (χ2n) is 4.95. The van der Waals surface area contributed by atoms with Crippen LogP contribution in [-0.2, 0) is 11.3 Å². The van der Waals surface area contributed by atoms with E-state index in [1.807, 2.05) is 7.05 Å². The number of hydrogen-bond donors (Lipinski definition) is 1. The largest absolute Gasteiger partial charge is 0.378 e. The van der Waals surface area contributed by atoms with Gasteiger partial charge >= 0.3 is 0 Å². The Morgan fingerprint density at radius 1 is 1.37 bits per heavy atom. The van der Waals surface area contributed by atoms with Gasteiger partial charge in [0.2, 0.25) is 0 Å². The SMILES string of the molecule is CCOC1CCN(c2cc(Br)ccc2CNC)CC1. The molecule has 1 aliphatic heterocycles. The van der Waals surface area contributed by atoms with Crippen molar-refractivity contribution in [1.29, 1.82) is 0 Å². The summed E-state index contributed by atoms with van der Waals surface area (Å²) in [6, 6.07) is 6.54. The van der Waals surface area contributed by atoms with Crippen molar-refractivity contribution in [3.8, 4) is 0 Å². The standard InChI is InChI=1S/C15H23BrN2O/c1-3-19-14-6-8-18(9-7-14)15-10-13(16)5-4-12(15)11-17-2/h4-5,10,14,17H,3,6-9,11H2,1-2H3. The number of halogens is 1. The lowest BCUT2D eigenvalue weighted by molar-refractivity contribution is 0.0459. The van der Waals surface area contributed by atoms with E-state index in [0.717, 1.165) is 43.6 Å². The van der Waals surface area contributed by atoms with E-state index in [4.69, 9.17) is 4.74 Å². The van der Waals surface area contributed by atoms with E-state index in [-0.39, 0.29) is 0 Å². The number of benzene rings is 1. The molecule has 106 valence electrons. The zero-order chi connectivity index (χ0) is 13.7. The Morgan fingerprint density at radius 2 is 2.11 bits per heavy atom. The smallest absolute Gasteiger partial charge is 0.0608 e. The monoisotopic (exact) mass is 326 g/mol. The van der Waals surface area contributed by atoms with Crippen LogP contribution in [0.25, 0.3) is 0 Å². The minimum atomic E-state index is 0.446. The minimum Gasteiger partial charge on any atom is -0.378 e. The lowest BCUT2D eigenvalue weighted by Gasteiger charge is -2.34. The van der Waals surface area contributed by atoms with Crippen LogP contribution in [0.3, 0.4) is 0 Å². The van der Waals surface area contributed by atoms with Gasteiger partial charge in [0.05, 0.1) is 6.10 Å². The third kappa shape index (κ3) is 3.94. The molecule has 0 aliphatic carbocycles. The molecule has 1 heterocycles. The molecule has 0 aromatic heterocycles. The lowest BCUT2D eigenvalue weighted by Crippen LogP contribution is -2.37. The normalized spacial score (nSPS) is 16.9. The molecule has 4 heteroatoms. The molecule has 1 aromatic rings. The molecule has 2 rings (SSSR count). The first-order valence-corrected chi connectivity index (χ1v) is 7.83. The predicted octanol–water partition coefficient (Wildman–Crippen LogP) is 3.17. The van der Waals surface area contributed by atoms with Crippen molar-refractivity contribution in [3.63, 3.8) is 0 Å². The maximum Gasteiger partial charge on any atom is 0.0608 e. The Morgan fingerprint density at radius 3 is 2.74 bits per heavy atom. The van der Waals surface area contributed by atoms with Crippen LogP contribution in [0.15, 0.2) is 22.7 Å². The molecule has 0 saturated carbocycles. The van der Waals surface area contributed by atoms with Crippen molar-refractivity contribution in [3.05, 3.63) is 28.2 Å². The van der Waals surface area contributed by atoms with E-state index < -0.39 is 0 Å². The number of ether oxygens (including phenoxy) is 1. The van der Waals surface area contributed by atoms with Crippen LogP contribution in [0.4, 0.5) is 5.69 Å². The predicted molar refractivity (Wildman–Crippen MR) is 83.8 cm³/mol. The van der Waals surface area contributed by atoms with Crippen molar-refractivity contribution in [2.75, 3.05) is 31.6 Å². The second kappa shape index (κ2) is 7.27. The second-order valence-corrected chi connectivity index (χ2v) is 5.86. The van der Waals surface area contributed by atoms with Gasteiger partial charge < -0.3 is 15.0 Å². The number of piperidine rings is 1. The van der Waals surface area contributed by atoms with Gasteiger partial charge in [0, 0.05) is 36.4 Å². The van der Waals surface area contributed by atoms with Gasteiger partial charge in [-0.3, -0.25) is 0 Å². The molecule has 1 fully saturated rings. The van der Waals surface area contributed by atoms with Crippen molar-refractivity contribution < 1.29 is 4.74 Å². The quantitative estimate of drug-likeness (QED) is 0.899. The molecule has 0 spiro atoms. The number of anilines is 1. The van der Waals surface area contributed by atoms with Gasteiger partial charge in [-0.2, -0.15) is 0 Å². The Labute approximate surface area is 124 Å². The number of rotatable bonds is 5. The van der Waals surface area contributed by atoms with E-state index in [0.29, 0.717) is 6.10 Å². The number of nitrogens with one attached hydrogen (secondary N) is 1. The highest BCUT2D eigenvalue weighted by atomic mass is 79.9. The first-order valence-electron chi connectivity index (χ1n) is 7.04. The van der Waals surface area contributed by atoms with Gasteiger partial charge in [-0.15, -0.1) is 0 Å². The zero-order valence-corrected chi connectivity index (χ0v) is 13.4. The highest BCUT2D eigenvalue weighted by Gasteiger charge is 2.21. The van der Waals surface area contributed by atoms with E-state index >= 15 is 0 Å². The minimum absolute atomic E-state index is 0.446. The van der Waals surface area contributed by atoms with Crippen LogP contribution in [0.2, 0.25) is 0 Å². The molecule has 0 bridgehead atoms. The van der Waals surface area contributed by atoms with Gasteiger partial charge in [-0.1, -0.05) is 22.0 Å². The first kappa shape index (κ1) is 14.8. The summed E-state index contributed by atoms with van der Waals surface area (Å²) >= 11 is 3.58. The third-order valence-corrected chi connectivity index (χ3v) is 4.09. The van der Waals surface area contributed by atoms with Crippen LogP contribution >= 0.6 is 15.9 Å². The fraction of sp³-hybridized carbons (Fsp3) is 0.600. The fourth-order valence-electron chi connectivity index (χ4n) is 2.67. The highest BCUT2D eigenvalue weighted by Crippen LogP contribution is 2.28. The zero-order valence-electron chi connectivity index (χ0n) is 11.8. The summed E-state index contributed by atoms with van der Waals surface area (Å²) in [7, 11) is 1.99. The van der Waals surface area contributed by atoms with Crippen LogP contribution < -0.4 is 10.2 Å². The van der Waals surface area contributed by atoms with E-state index in [1.54, 1.807) is 0 Å². The Kier molecular flexibility index (Phi) is 5.67. The summed E-state index contributed by atoms with van der Waals surface area (Å²) in [5.41, 5.74) is 2.71. The molecule has 0 atom stereocenters. The lowest BCUT2D eigenvalue weighted by atomic mass is 10.0. The molecule has 0 radical (unpaired) electrons. The van der Waals surface area contributed by atoms with Crippen LogP contribution in [0.1, 0.15) is 25.3 Å². The van der Waals surface area contributed by atoms with Crippen molar-refractivity contribution in [2.45, 2.75) is 32.4 Å². The van der Waals surface area contributed by atoms with Gasteiger partial charge in [-0.05, 0) is 44.5 Å².